The minimum atomic E-state index is 0.249. The fourth-order valence-electron chi connectivity index (χ4n) is 1.89. The van der Waals surface area contributed by atoms with E-state index in [0.717, 1.165) is 19.6 Å². The fraction of sp³-hybridized carbons (Fsp3) is 1.00. The van der Waals surface area contributed by atoms with Crippen LogP contribution in [0.4, 0.5) is 0 Å². The number of hydrogen-bond acceptors (Lipinski definition) is 3. The predicted octanol–water partition coefficient (Wildman–Crippen LogP) is 0.0526. The number of nitrogens with zero attached hydrogens (tertiary/aromatic N) is 1. The quantitative estimate of drug-likeness (QED) is 0.575. The molecule has 0 amide bonds. The molecule has 1 unspecified atom stereocenters. The second kappa shape index (κ2) is 5.51. The molecule has 1 heterocycles. The molecule has 1 saturated heterocycles. The van der Waals surface area contributed by atoms with Gasteiger partial charge in [-0.2, -0.15) is 0 Å². The molecule has 0 aromatic heterocycles. The molecule has 1 atom stereocenters. The maximum absolute atomic E-state index is 8.59. The molecule has 2 N–H and O–H groups in total. The molecular formula is C9H20N2O. The summed E-state index contributed by atoms with van der Waals surface area (Å²) in [6.07, 6.45) is 2.64. The van der Waals surface area contributed by atoms with Crippen LogP contribution in [-0.4, -0.2) is 48.8 Å². The molecule has 1 rings (SSSR count). The van der Waals surface area contributed by atoms with Gasteiger partial charge < -0.3 is 10.4 Å². The van der Waals surface area contributed by atoms with Crippen LogP contribution in [-0.2, 0) is 0 Å². The lowest BCUT2D eigenvalue weighted by Gasteiger charge is -2.22. The molecule has 0 aliphatic carbocycles. The highest BCUT2D eigenvalue weighted by Crippen LogP contribution is 2.15. The number of likely N-dealkylation sites (N-methyl/N-ethyl adjacent to an activating group) is 1. The lowest BCUT2D eigenvalue weighted by atomic mass is 10.2. The first kappa shape index (κ1) is 9.96. The summed E-state index contributed by atoms with van der Waals surface area (Å²) in [6, 6.07) is 0.710. The van der Waals surface area contributed by atoms with E-state index in [4.69, 9.17) is 5.11 Å². The third kappa shape index (κ3) is 2.73. The maximum Gasteiger partial charge on any atom is 0.0555 e. The Morgan fingerprint density at radius 3 is 3.08 bits per heavy atom. The first-order valence-corrected chi connectivity index (χ1v) is 4.94. The molecule has 1 aliphatic heterocycles. The van der Waals surface area contributed by atoms with E-state index in [2.05, 4.69) is 17.1 Å². The van der Waals surface area contributed by atoms with E-state index in [1.54, 1.807) is 0 Å². The van der Waals surface area contributed by atoms with E-state index in [0.29, 0.717) is 6.04 Å². The standard InChI is InChI=1S/C9H20N2O/c1-2-11-6-3-4-9(11)8-10-5-7-12/h9-10,12H,2-8H2,1H3. The normalized spacial score (nSPS) is 25.0. The molecule has 0 aromatic carbocycles. The summed E-state index contributed by atoms with van der Waals surface area (Å²) >= 11 is 0. The smallest absolute Gasteiger partial charge is 0.0555 e. The van der Waals surface area contributed by atoms with Crippen LogP contribution in [0, 0.1) is 0 Å². The van der Waals surface area contributed by atoms with E-state index < -0.39 is 0 Å². The Morgan fingerprint density at radius 2 is 2.42 bits per heavy atom. The van der Waals surface area contributed by atoms with Gasteiger partial charge in [-0.25, -0.2) is 0 Å². The lowest BCUT2D eigenvalue weighted by molar-refractivity contribution is 0.247. The minimum absolute atomic E-state index is 0.249. The highest BCUT2D eigenvalue weighted by Gasteiger charge is 2.21. The lowest BCUT2D eigenvalue weighted by Crippen LogP contribution is -2.38. The largest absolute Gasteiger partial charge is 0.395 e. The van der Waals surface area contributed by atoms with Gasteiger partial charge in [-0.15, -0.1) is 0 Å². The van der Waals surface area contributed by atoms with Crippen LogP contribution in [0.3, 0.4) is 0 Å². The van der Waals surface area contributed by atoms with Gasteiger partial charge in [-0.3, -0.25) is 4.90 Å². The van der Waals surface area contributed by atoms with Crippen LogP contribution >= 0.6 is 0 Å². The summed E-state index contributed by atoms with van der Waals surface area (Å²) < 4.78 is 0. The van der Waals surface area contributed by atoms with Crippen molar-refractivity contribution in [3.8, 4) is 0 Å². The summed E-state index contributed by atoms with van der Waals surface area (Å²) in [7, 11) is 0. The van der Waals surface area contributed by atoms with Gasteiger partial charge in [0, 0.05) is 19.1 Å². The van der Waals surface area contributed by atoms with Crippen molar-refractivity contribution in [3.05, 3.63) is 0 Å². The number of hydrogen-bond donors (Lipinski definition) is 2. The Balaban J connectivity index is 2.12. The number of aliphatic hydroxyl groups excluding tert-OH is 1. The zero-order valence-corrected chi connectivity index (χ0v) is 7.92. The molecule has 0 saturated carbocycles. The van der Waals surface area contributed by atoms with Crippen LogP contribution in [0.15, 0.2) is 0 Å². The summed E-state index contributed by atoms with van der Waals surface area (Å²) in [5.41, 5.74) is 0. The average Bonchev–Trinajstić information content (AvgIpc) is 2.52. The van der Waals surface area contributed by atoms with E-state index >= 15 is 0 Å². The van der Waals surface area contributed by atoms with Crippen molar-refractivity contribution >= 4 is 0 Å². The van der Waals surface area contributed by atoms with Crippen molar-refractivity contribution in [1.29, 1.82) is 0 Å². The van der Waals surface area contributed by atoms with E-state index in [-0.39, 0.29) is 6.61 Å². The molecule has 1 aliphatic rings. The number of rotatable bonds is 5. The third-order valence-corrected chi connectivity index (χ3v) is 2.57. The van der Waals surface area contributed by atoms with Gasteiger partial charge in [-0.05, 0) is 25.9 Å². The monoisotopic (exact) mass is 172 g/mol. The first-order chi connectivity index (χ1) is 5.88. The van der Waals surface area contributed by atoms with Crippen molar-refractivity contribution in [2.75, 3.05) is 32.8 Å². The molecule has 72 valence electrons. The summed E-state index contributed by atoms with van der Waals surface area (Å²) in [4.78, 5) is 2.50. The van der Waals surface area contributed by atoms with Crippen molar-refractivity contribution < 1.29 is 5.11 Å². The summed E-state index contributed by atoms with van der Waals surface area (Å²) in [5, 5.41) is 11.8. The Morgan fingerprint density at radius 1 is 1.58 bits per heavy atom. The molecule has 3 heteroatoms. The number of aliphatic hydroxyl groups is 1. The van der Waals surface area contributed by atoms with Crippen molar-refractivity contribution in [1.82, 2.24) is 10.2 Å². The Hall–Kier alpha value is -0.120. The van der Waals surface area contributed by atoms with Crippen molar-refractivity contribution in [3.63, 3.8) is 0 Å². The molecule has 0 aromatic rings. The van der Waals surface area contributed by atoms with Crippen LogP contribution in [0.2, 0.25) is 0 Å². The van der Waals surface area contributed by atoms with Crippen LogP contribution in [0.25, 0.3) is 0 Å². The van der Waals surface area contributed by atoms with Crippen LogP contribution in [0.1, 0.15) is 19.8 Å². The molecule has 0 spiro atoms. The average molecular weight is 172 g/mol. The molecule has 0 radical (unpaired) electrons. The number of nitrogens with one attached hydrogen (secondary N) is 1. The topological polar surface area (TPSA) is 35.5 Å². The second-order valence-electron chi connectivity index (χ2n) is 3.35. The third-order valence-electron chi connectivity index (χ3n) is 2.57. The minimum Gasteiger partial charge on any atom is -0.395 e. The molecule has 12 heavy (non-hydrogen) atoms. The first-order valence-electron chi connectivity index (χ1n) is 4.94. The van der Waals surface area contributed by atoms with Gasteiger partial charge in [0.05, 0.1) is 6.61 Å². The highest BCUT2D eigenvalue weighted by atomic mass is 16.3. The van der Waals surface area contributed by atoms with Gasteiger partial charge in [0.1, 0.15) is 0 Å². The molecular weight excluding hydrogens is 152 g/mol. The summed E-state index contributed by atoms with van der Waals surface area (Å²) in [6.45, 7) is 6.64. The van der Waals surface area contributed by atoms with Crippen LogP contribution < -0.4 is 5.32 Å². The number of likely N-dealkylation sites (tertiary alicyclic amines) is 1. The van der Waals surface area contributed by atoms with Crippen LogP contribution in [0.5, 0.6) is 0 Å². The van der Waals surface area contributed by atoms with Crippen molar-refractivity contribution in [2.45, 2.75) is 25.8 Å². The maximum atomic E-state index is 8.59. The van der Waals surface area contributed by atoms with Gasteiger partial charge in [0.25, 0.3) is 0 Å². The SMILES string of the molecule is CCN1CCCC1CNCCO. The molecule has 3 nitrogen and oxygen atoms in total. The predicted molar refractivity (Wildman–Crippen MR) is 50.2 cm³/mol. The van der Waals surface area contributed by atoms with E-state index in [9.17, 15) is 0 Å². The Kier molecular flexibility index (Phi) is 4.58. The Bertz CT molecular complexity index is 119. The van der Waals surface area contributed by atoms with Gasteiger partial charge in [-0.1, -0.05) is 6.92 Å². The molecule has 1 fully saturated rings. The Labute approximate surface area is 74.8 Å². The second-order valence-corrected chi connectivity index (χ2v) is 3.35. The van der Waals surface area contributed by atoms with Gasteiger partial charge in [0.15, 0.2) is 0 Å². The molecule has 0 bridgehead atoms. The fourth-order valence-corrected chi connectivity index (χ4v) is 1.89. The van der Waals surface area contributed by atoms with Gasteiger partial charge >= 0.3 is 0 Å². The van der Waals surface area contributed by atoms with E-state index in [1.807, 2.05) is 0 Å². The zero-order valence-electron chi connectivity index (χ0n) is 7.92. The summed E-state index contributed by atoms with van der Waals surface area (Å²) in [5.74, 6) is 0. The van der Waals surface area contributed by atoms with Crippen molar-refractivity contribution in [2.24, 2.45) is 0 Å². The highest BCUT2D eigenvalue weighted by molar-refractivity contribution is 4.79. The van der Waals surface area contributed by atoms with E-state index in [1.165, 1.54) is 19.4 Å². The zero-order chi connectivity index (χ0) is 8.81. The van der Waals surface area contributed by atoms with Gasteiger partial charge in [0.2, 0.25) is 0 Å².